The van der Waals surface area contributed by atoms with Crippen molar-refractivity contribution in [3.05, 3.63) is 11.1 Å². The minimum atomic E-state index is -4.21. The van der Waals surface area contributed by atoms with Gasteiger partial charge in [0.25, 0.3) is 10.1 Å². The van der Waals surface area contributed by atoms with Crippen molar-refractivity contribution in [2.75, 3.05) is 0 Å². The first kappa shape index (κ1) is 12.2. The van der Waals surface area contributed by atoms with Gasteiger partial charge in [0.15, 0.2) is 0 Å². The van der Waals surface area contributed by atoms with Crippen LogP contribution in [-0.2, 0) is 14.9 Å². The maximum atomic E-state index is 11.1. The van der Waals surface area contributed by atoms with Gasteiger partial charge in [-0.2, -0.15) is 8.42 Å². The molecule has 15 heavy (non-hydrogen) atoms. The molecule has 2 N–H and O–H groups in total. The van der Waals surface area contributed by atoms with E-state index in [4.69, 9.17) is 9.66 Å². The van der Waals surface area contributed by atoms with Crippen molar-refractivity contribution in [1.29, 1.82) is 0 Å². The number of allylic oxidation sites excluding steroid dienone is 1. The topological polar surface area (TPSA) is 91.7 Å². The second kappa shape index (κ2) is 3.31. The van der Waals surface area contributed by atoms with Crippen LogP contribution in [0.25, 0.3) is 0 Å². The molecule has 0 fully saturated rings. The lowest BCUT2D eigenvalue weighted by atomic mass is 9.86. The lowest BCUT2D eigenvalue weighted by Gasteiger charge is -2.26. The van der Waals surface area contributed by atoms with Crippen LogP contribution in [0.3, 0.4) is 0 Å². The van der Waals surface area contributed by atoms with Gasteiger partial charge in [0.2, 0.25) is 0 Å². The Morgan fingerprint density at radius 1 is 1.47 bits per heavy atom. The highest BCUT2D eigenvalue weighted by atomic mass is 32.2. The highest BCUT2D eigenvalue weighted by molar-refractivity contribution is 7.86. The maximum Gasteiger partial charge on any atom is 0.331 e. The molecule has 0 bridgehead atoms. The largest absolute Gasteiger partial charge is 0.478 e. The number of hydrogen-bond acceptors (Lipinski definition) is 3. The van der Waals surface area contributed by atoms with E-state index in [9.17, 15) is 13.2 Å². The third-order valence-electron chi connectivity index (χ3n) is 3.23. The zero-order chi connectivity index (χ0) is 12.0. The number of aliphatic carboxylic acids is 1. The summed E-state index contributed by atoms with van der Waals surface area (Å²) in [7, 11) is -4.21. The average Bonchev–Trinajstić information content (AvgIpc) is 2.22. The Morgan fingerprint density at radius 2 is 1.93 bits per heavy atom. The molecule has 0 aromatic carbocycles. The Hall–Kier alpha value is -0.880. The van der Waals surface area contributed by atoms with Gasteiger partial charge in [-0.25, -0.2) is 4.79 Å². The molecular formula is C9H14O5S. The molecule has 1 rings (SSSR count). The van der Waals surface area contributed by atoms with Crippen LogP contribution in [-0.4, -0.2) is 29.3 Å². The third-order valence-corrected chi connectivity index (χ3v) is 4.71. The Labute approximate surface area is 88.5 Å². The van der Waals surface area contributed by atoms with Gasteiger partial charge < -0.3 is 5.11 Å². The number of carboxylic acids is 1. The molecule has 0 heterocycles. The van der Waals surface area contributed by atoms with E-state index in [2.05, 4.69) is 0 Å². The van der Waals surface area contributed by atoms with Gasteiger partial charge in [0.05, 0.1) is 5.25 Å². The molecule has 0 unspecified atom stereocenters. The van der Waals surface area contributed by atoms with Crippen LogP contribution in [0, 0.1) is 5.41 Å². The van der Waals surface area contributed by atoms with E-state index in [0.717, 1.165) is 0 Å². The summed E-state index contributed by atoms with van der Waals surface area (Å²) in [6.07, 6.45) is -0.132. The highest BCUT2D eigenvalue weighted by Gasteiger charge is 2.47. The fourth-order valence-corrected chi connectivity index (χ4v) is 3.25. The first-order chi connectivity index (χ1) is 6.58. The second-order valence-corrected chi connectivity index (χ2v) is 5.94. The molecule has 0 spiro atoms. The predicted octanol–water partition coefficient (Wildman–Crippen LogP) is 1.07. The van der Waals surface area contributed by atoms with Crippen LogP contribution in [0.1, 0.15) is 27.2 Å². The molecule has 1 aliphatic carbocycles. The van der Waals surface area contributed by atoms with Gasteiger partial charge in [0, 0.05) is 11.0 Å². The van der Waals surface area contributed by atoms with E-state index >= 15 is 0 Å². The zero-order valence-corrected chi connectivity index (χ0v) is 9.63. The van der Waals surface area contributed by atoms with E-state index in [1.165, 1.54) is 0 Å². The molecule has 1 atom stereocenters. The van der Waals surface area contributed by atoms with Crippen LogP contribution in [0.2, 0.25) is 0 Å². The van der Waals surface area contributed by atoms with Gasteiger partial charge in [-0.3, -0.25) is 4.55 Å². The first-order valence-electron chi connectivity index (χ1n) is 4.48. The summed E-state index contributed by atoms with van der Waals surface area (Å²) in [4.78, 5) is 10.8. The predicted molar refractivity (Wildman–Crippen MR) is 54.1 cm³/mol. The Kier molecular flexibility index (Phi) is 2.69. The zero-order valence-electron chi connectivity index (χ0n) is 8.81. The summed E-state index contributed by atoms with van der Waals surface area (Å²) in [5, 5.41) is 7.81. The average molecular weight is 234 g/mol. The molecule has 86 valence electrons. The second-order valence-electron chi connectivity index (χ2n) is 4.34. The quantitative estimate of drug-likeness (QED) is 0.697. The van der Waals surface area contributed by atoms with Crippen LogP contribution in [0.15, 0.2) is 11.1 Å². The lowest BCUT2D eigenvalue weighted by molar-refractivity contribution is -0.132. The van der Waals surface area contributed by atoms with Gasteiger partial charge in [-0.1, -0.05) is 19.4 Å². The fourth-order valence-electron chi connectivity index (χ4n) is 1.95. The summed E-state index contributed by atoms with van der Waals surface area (Å²) >= 11 is 0. The summed E-state index contributed by atoms with van der Waals surface area (Å²) < 4.78 is 31.2. The molecule has 0 aliphatic heterocycles. The van der Waals surface area contributed by atoms with E-state index < -0.39 is 26.8 Å². The Bertz CT molecular complexity index is 429. The molecule has 0 amide bonds. The van der Waals surface area contributed by atoms with Crippen molar-refractivity contribution < 1.29 is 22.9 Å². The van der Waals surface area contributed by atoms with Gasteiger partial charge >= 0.3 is 5.97 Å². The maximum absolute atomic E-state index is 11.1. The minimum Gasteiger partial charge on any atom is -0.478 e. The van der Waals surface area contributed by atoms with E-state index in [0.29, 0.717) is 5.57 Å². The molecule has 0 radical (unpaired) electrons. The monoisotopic (exact) mass is 234 g/mol. The number of carboxylic acid groups (broad SMARTS) is 1. The molecule has 6 heteroatoms. The van der Waals surface area contributed by atoms with Crippen molar-refractivity contribution in [3.63, 3.8) is 0 Å². The number of hydrogen-bond donors (Lipinski definition) is 2. The van der Waals surface area contributed by atoms with Gasteiger partial charge in [0.1, 0.15) is 0 Å². The van der Waals surface area contributed by atoms with Crippen LogP contribution >= 0.6 is 0 Å². The van der Waals surface area contributed by atoms with E-state index in [1.807, 2.05) is 0 Å². The number of rotatable bonds is 2. The molecule has 0 saturated carbocycles. The molecule has 5 nitrogen and oxygen atoms in total. The van der Waals surface area contributed by atoms with Crippen LogP contribution in [0.4, 0.5) is 0 Å². The normalized spacial score (nSPS) is 25.7. The SMILES string of the molecule is CC1=C(C(=O)O)C[C@@H](S(=O)(=O)O)C1(C)C. The molecule has 0 saturated heterocycles. The van der Waals surface area contributed by atoms with Crippen molar-refractivity contribution >= 4 is 16.1 Å². The third kappa shape index (κ3) is 1.91. The Morgan fingerprint density at radius 3 is 2.13 bits per heavy atom. The van der Waals surface area contributed by atoms with Gasteiger partial charge in [-0.05, 0) is 13.3 Å². The van der Waals surface area contributed by atoms with Crippen molar-refractivity contribution in [2.45, 2.75) is 32.4 Å². The van der Waals surface area contributed by atoms with E-state index in [-0.39, 0.29) is 12.0 Å². The summed E-state index contributed by atoms with van der Waals surface area (Å²) in [6.45, 7) is 4.84. The van der Waals surface area contributed by atoms with Crippen LogP contribution < -0.4 is 0 Å². The molecule has 0 aromatic rings. The van der Waals surface area contributed by atoms with Crippen molar-refractivity contribution in [1.82, 2.24) is 0 Å². The first-order valence-corrected chi connectivity index (χ1v) is 5.98. The van der Waals surface area contributed by atoms with Crippen LogP contribution in [0.5, 0.6) is 0 Å². The standard InChI is InChI=1S/C9H14O5S/c1-5-6(8(10)11)4-7(9(5,2)3)15(12,13)14/h7H,4H2,1-3H3,(H,10,11)(H,12,13,14)/t7-/m1/s1. The highest BCUT2D eigenvalue weighted by Crippen LogP contribution is 2.45. The molecular weight excluding hydrogens is 220 g/mol. The minimum absolute atomic E-state index is 0.0858. The number of carbonyl (C=O) groups is 1. The van der Waals surface area contributed by atoms with E-state index in [1.54, 1.807) is 20.8 Å². The smallest absolute Gasteiger partial charge is 0.331 e. The molecule has 0 aromatic heterocycles. The van der Waals surface area contributed by atoms with Gasteiger partial charge in [-0.15, -0.1) is 0 Å². The summed E-state index contributed by atoms with van der Waals surface area (Å²) in [6, 6.07) is 0. The molecule has 1 aliphatic rings. The van der Waals surface area contributed by atoms with Crippen molar-refractivity contribution in [3.8, 4) is 0 Å². The lowest BCUT2D eigenvalue weighted by Crippen LogP contribution is -2.33. The summed E-state index contributed by atoms with van der Waals surface area (Å²) in [5.74, 6) is -1.12. The fraction of sp³-hybridized carbons (Fsp3) is 0.667. The Balaban J connectivity index is 3.25. The van der Waals surface area contributed by atoms with Crippen molar-refractivity contribution in [2.24, 2.45) is 5.41 Å². The summed E-state index contributed by atoms with van der Waals surface area (Å²) in [5.41, 5.74) is -0.235.